The third kappa shape index (κ3) is 7.43. The van der Waals surface area contributed by atoms with E-state index >= 15 is 0 Å². The molecule has 0 saturated heterocycles. The van der Waals surface area contributed by atoms with Gasteiger partial charge in [-0.05, 0) is 12.8 Å². The van der Waals surface area contributed by atoms with Crippen molar-refractivity contribution in [2.45, 2.75) is 37.1 Å². The minimum Gasteiger partial charge on any atom is -0.743 e. The zero-order valence-corrected chi connectivity index (χ0v) is 9.17. The van der Waals surface area contributed by atoms with Crippen molar-refractivity contribution >= 4 is 10.1 Å². The number of hydrogen-bond acceptors (Lipinski definition) is 3. The standard InChI is InChI=1S/C6H9F5O3S.Li/c7-5(8,9)3-1-2-4-6(10,11)15(12,13)14;/h1-4H2,(H,12,13,14);/q;+1/p-1. The number of alkyl halides is 5. The molecular formula is C6H8F5LiO3S. The Kier molecular flexibility index (Phi) is 7.16. The van der Waals surface area contributed by atoms with Crippen molar-refractivity contribution in [1.82, 2.24) is 0 Å². The van der Waals surface area contributed by atoms with Crippen LogP contribution in [-0.4, -0.2) is 24.4 Å². The molecule has 0 aliphatic rings. The van der Waals surface area contributed by atoms with E-state index in [0.29, 0.717) is 0 Å². The predicted molar refractivity (Wildman–Crippen MR) is 39.2 cm³/mol. The molecule has 0 heterocycles. The first-order valence-corrected chi connectivity index (χ1v) is 5.26. The third-order valence-corrected chi connectivity index (χ3v) is 2.48. The van der Waals surface area contributed by atoms with Crippen LogP contribution >= 0.6 is 0 Å². The Morgan fingerprint density at radius 2 is 1.31 bits per heavy atom. The van der Waals surface area contributed by atoms with Gasteiger partial charge in [-0.2, -0.15) is 22.0 Å². The molecule has 0 spiro atoms. The monoisotopic (exact) mass is 262 g/mol. The Balaban J connectivity index is 0. The Bertz CT molecular complexity index is 300. The van der Waals surface area contributed by atoms with Crippen LogP contribution in [0.4, 0.5) is 22.0 Å². The van der Waals surface area contributed by atoms with E-state index in [1.807, 2.05) is 0 Å². The first-order valence-electron chi connectivity index (χ1n) is 3.86. The van der Waals surface area contributed by atoms with Gasteiger partial charge in [0.1, 0.15) is 0 Å². The van der Waals surface area contributed by atoms with Gasteiger partial charge in [0.2, 0.25) is 0 Å². The van der Waals surface area contributed by atoms with E-state index < -0.39 is 47.2 Å². The molecule has 0 saturated carbocycles. The van der Waals surface area contributed by atoms with Gasteiger partial charge in [-0.15, -0.1) is 0 Å². The van der Waals surface area contributed by atoms with E-state index in [2.05, 4.69) is 0 Å². The molecule has 0 aromatic heterocycles. The smallest absolute Gasteiger partial charge is 0.743 e. The molecule has 0 unspecified atom stereocenters. The average molecular weight is 262 g/mol. The molecule has 0 radical (unpaired) electrons. The van der Waals surface area contributed by atoms with Gasteiger partial charge in [0.15, 0.2) is 10.1 Å². The van der Waals surface area contributed by atoms with Crippen LogP contribution in [0.5, 0.6) is 0 Å². The molecule has 92 valence electrons. The molecule has 0 amide bonds. The van der Waals surface area contributed by atoms with Crippen molar-refractivity contribution in [2.75, 3.05) is 0 Å². The van der Waals surface area contributed by atoms with Crippen molar-refractivity contribution in [2.24, 2.45) is 0 Å². The summed E-state index contributed by atoms with van der Waals surface area (Å²) in [5.74, 6) is 0. The number of unbranched alkanes of at least 4 members (excludes halogenated alkanes) is 1. The summed E-state index contributed by atoms with van der Waals surface area (Å²) in [5, 5.41) is -4.49. The number of hydrogen-bond donors (Lipinski definition) is 0. The first kappa shape index (κ1) is 18.5. The van der Waals surface area contributed by atoms with Crippen LogP contribution < -0.4 is 18.9 Å². The van der Waals surface area contributed by atoms with Crippen molar-refractivity contribution < 1.29 is 53.8 Å². The van der Waals surface area contributed by atoms with Crippen LogP contribution in [0.1, 0.15) is 25.7 Å². The second-order valence-electron chi connectivity index (χ2n) is 2.91. The molecule has 10 heteroatoms. The van der Waals surface area contributed by atoms with Crippen LogP contribution in [0.2, 0.25) is 0 Å². The maximum absolute atomic E-state index is 12.4. The minimum absolute atomic E-state index is 0. The van der Waals surface area contributed by atoms with Gasteiger partial charge in [-0.3, -0.25) is 0 Å². The summed E-state index contributed by atoms with van der Waals surface area (Å²) in [4.78, 5) is 0. The van der Waals surface area contributed by atoms with E-state index in [9.17, 15) is 34.9 Å². The van der Waals surface area contributed by atoms with E-state index in [4.69, 9.17) is 0 Å². The Morgan fingerprint density at radius 3 is 1.62 bits per heavy atom. The normalized spacial score (nSPS) is 13.4. The largest absolute Gasteiger partial charge is 1.00 e. The fourth-order valence-electron chi connectivity index (χ4n) is 0.781. The number of rotatable bonds is 5. The second-order valence-corrected chi connectivity index (χ2v) is 4.42. The first-order chi connectivity index (χ1) is 6.46. The summed E-state index contributed by atoms with van der Waals surface area (Å²) in [7, 11) is -5.78. The Labute approximate surface area is 101 Å². The van der Waals surface area contributed by atoms with Crippen molar-refractivity contribution in [3.8, 4) is 0 Å². The Morgan fingerprint density at radius 1 is 0.938 bits per heavy atom. The summed E-state index contributed by atoms with van der Waals surface area (Å²) in [6.45, 7) is 0. The van der Waals surface area contributed by atoms with Crippen LogP contribution in [0.25, 0.3) is 0 Å². The summed E-state index contributed by atoms with van der Waals surface area (Å²) < 4.78 is 89.1. The summed E-state index contributed by atoms with van der Waals surface area (Å²) in [5.41, 5.74) is 0. The SMILES string of the molecule is O=S(=O)([O-])C(F)(F)CCCCC(F)(F)F.[Li+]. The molecule has 0 atom stereocenters. The Hall–Kier alpha value is 0.157. The molecule has 3 nitrogen and oxygen atoms in total. The van der Waals surface area contributed by atoms with Crippen LogP contribution in [0.3, 0.4) is 0 Å². The molecule has 0 aliphatic heterocycles. The summed E-state index contributed by atoms with van der Waals surface area (Å²) in [6, 6.07) is 0. The molecule has 0 aromatic carbocycles. The van der Waals surface area contributed by atoms with Gasteiger partial charge in [0.05, 0.1) is 0 Å². The van der Waals surface area contributed by atoms with Crippen LogP contribution in [-0.2, 0) is 10.1 Å². The van der Waals surface area contributed by atoms with Gasteiger partial charge >= 0.3 is 30.3 Å². The van der Waals surface area contributed by atoms with Crippen LogP contribution in [0, 0.1) is 0 Å². The van der Waals surface area contributed by atoms with E-state index in [0.717, 1.165) is 0 Å². The average Bonchev–Trinajstić information content (AvgIpc) is 1.94. The maximum atomic E-state index is 12.4. The van der Waals surface area contributed by atoms with Crippen molar-refractivity contribution in [3.63, 3.8) is 0 Å². The minimum atomic E-state index is -5.78. The quantitative estimate of drug-likeness (QED) is 0.283. The molecule has 0 bridgehead atoms. The van der Waals surface area contributed by atoms with Crippen molar-refractivity contribution in [1.29, 1.82) is 0 Å². The summed E-state index contributed by atoms with van der Waals surface area (Å²) >= 11 is 0. The molecular weight excluding hydrogens is 254 g/mol. The van der Waals surface area contributed by atoms with Gasteiger partial charge in [0.25, 0.3) is 0 Å². The van der Waals surface area contributed by atoms with Crippen LogP contribution in [0.15, 0.2) is 0 Å². The fraction of sp³-hybridized carbons (Fsp3) is 1.00. The van der Waals surface area contributed by atoms with Crippen molar-refractivity contribution in [3.05, 3.63) is 0 Å². The predicted octanol–water partition coefficient (Wildman–Crippen LogP) is -0.749. The zero-order valence-electron chi connectivity index (χ0n) is 8.35. The van der Waals surface area contributed by atoms with Gasteiger partial charge in [-0.25, -0.2) is 8.42 Å². The van der Waals surface area contributed by atoms with Gasteiger partial charge in [0, 0.05) is 12.8 Å². The van der Waals surface area contributed by atoms with Gasteiger partial charge in [-0.1, -0.05) is 0 Å². The summed E-state index contributed by atoms with van der Waals surface area (Å²) in [6.07, 6.45) is -8.43. The fourth-order valence-corrected chi connectivity index (χ4v) is 1.18. The van der Waals surface area contributed by atoms with E-state index in [-0.39, 0.29) is 18.9 Å². The van der Waals surface area contributed by atoms with Gasteiger partial charge < -0.3 is 4.55 Å². The maximum Gasteiger partial charge on any atom is 1.00 e. The molecule has 0 aliphatic carbocycles. The third-order valence-electron chi connectivity index (χ3n) is 1.54. The topological polar surface area (TPSA) is 57.2 Å². The second kappa shape index (κ2) is 6.19. The molecule has 0 rings (SSSR count). The molecule has 0 N–H and O–H groups in total. The van der Waals surface area contributed by atoms with E-state index in [1.54, 1.807) is 0 Å². The molecule has 0 fully saturated rings. The molecule has 16 heavy (non-hydrogen) atoms. The molecule has 0 aromatic rings. The van der Waals surface area contributed by atoms with E-state index in [1.165, 1.54) is 0 Å². The number of halogens is 5. The zero-order chi connectivity index (χ0) is 12.3.